The molecule has 1 amide bonds. The molecule has 1 atom stereocenters. The molecular weight excluding hydrogens is 264 g/mol. The van der Waals surface area contributed by atoms with E-state index in [1.807, 2.05) is 32.0 Å². The molecule has 1 aliphatic rings. The smallest absolute Gasteiger partial charge is 0.220 e. The van der Waals surface area contributed by atoms with Gasteiger partial charge in [-0.1, -0.05) is 17.7 Å². The molecule has 0 bridgehead atoms. The highest BCUT2D eigenvalue weighted by molar-refractivity contribution is 5.99. The number of ketones is 1. The monoisotopic (exact) mass is 288 g/mol. The molecule has 0 aliphatic heterocycles. The van der Waals surface area contributed by atoms with Gasteiger partial charge in [-0.05, 0) is 44.2 Å². The molecule has 4 heteroatoms. The molecule has 0 radical (unpaired) electrons. The Morgan fingerprint density at radius 2 is 2.00 bits per heavy atom. The van der Waals surface area contributed by atoms with Crippen molar-refractivity contribution in [1.82, 2.24) is 5.32 Å². The van der Waals surface area contributed by atoms with Crippen LogP contribution in [0.5, 0.6) is 0 Å². The van der Waals surface area contributed by atoms with Gasteiger partial charge >= 0.3 is 0 Å². The lowest BCUT2D eigenvalue weighted by Gasteiger charge is -2.15. The van der Waals surface area contributed by atoms with Gasteiger partial charge in [-0.15, -0.1) is 0 Å². The van der Waals surface area contributed by atoms with Crippen LogP contribution in [0.3, 0.4) is 0 Å². The zero-order chi connectivity index (χ0) is 15.4. The fourth-order valence-electron chi connectivity index (χ4n) is 2.54. The fourth-order valence-corrected chi connectivity index (χ4v) is 2.54. The topological polar surface area (TPSA) is 72.2 Å². The predicted octanol–water partition coefficient (Wildman–Crippen LogP) is 2.12. The van der Waals surface area contributed by atoms with Gasteiger partial charge in [-0.25, -0.2) is 0 Å². The number of hydrogen-bond acceptors (Lipinski definition) is 3. The van der Waals surface area contributed by atoms with Crippen LogP contribution in [-0.4, -0.2) is 24.3 Å². The van der Waals surface area contributed by atoms with Gasteiger partial charge in [-0.2, -0.15) is 0 Å². The fraction of sp³-hybridized carbons (Fsp3) is 0.529. The van der Waals surface area contributed by atoms with E-state index in [0.717, 1.165) is 29.5 Å². The first kappa shape index (κ1) is 15.7. The number of Topliss-reactive ketones (excluding diaryl/α,β-unsaturated/α-hetero) is 1. The molecule has 1 fully saturated rings. The van der Waals surface area contributed by atoms with Crippen LogP contribution >= 0.6 is 0 Å². The van der Waals surface area contributed by atoms with E-state index in [1.165, 1.54) is 0 Å². The summed E-state index contributed by atoms with van der Waals surface area (Å²) in [7, 11) is 0. The molecule has 0 heterocycles. The second kappa shape index (κ2) is 6.85. The predicted molar refractivity (Wildman–Crippen MR) is 83.2 cm³/mol. The molecule has 4 nitrogen and oxygen atoms in total. The molecule has 0 saturated heterocycles. The third-order valence-corrected chi connectivity index (χ3v) is 4.06. The van der Waals surface area contributed by atoms with Crippen LogP contribution in [0.4, 0.5) is 0 Å². The third-order valence-electron chi connectivity index (χ3n) is 4.06. The van der Waals surface area contributed by atoms with Crippen LogP contribution in [0.1, 0.15) is 47.2 Å². The van der Waals surface area contributed by atoms with Crippen molar-refractivity contribution in [3.05, 3.63) is 34.9 Å². The Hall–Kier alpha value is -1.68. The summed E-state index contributed by atoms with van der Waals surface area (Å²) in [6.07, 6.45) is 2.76. The summed E-state index contributed by atoms with van der Waals surface area (Å²) in [5.74, 6) is 0.492. The normalized spacial score (nSPS) is 15.6. The minimum absolute atomic E-state index is 0.0297. The summed E-state index contributed by atoms with van der Waals surface area (Å²) < 4.78 is 0. The van der Waals surface area contributed by atoms with E-state index >= 15 is 0 Å². The number of hydrogen-bond donors (Lipinski definition) is 2. The maximum Gasteiger partial charge on any atom is 0.220 e. The number of nitrogens with two attached hydrogens (primary N) is 1. The second-order valence-corrected chi connectivity index (χ2v) is 5.99. The quantitative estimate of drug-likeness (QED) is 0.755. The molecule has 1 unspecified atom stereocenters. The van der Waals surface area contributed by atoms with Gasteiger partial charge in [0.05, 0.1) is 0 Å². The van der Waals surface area contributed by atoms with Crippen molar-refractivity contribution >= 4 is 11.7 Å². The Morgan fingerprint density at radius 3 is 2.62 bits per heavy atom. The van der Waals surface area contributed by atoms with Crippen LogP contribution in [0, 0.1) is 19.8 Å². The van der Waals surface area contributed by atoms with E-state index < -0.39 is 0 Å². The molecule has 1 aromatic carbocycles. The summed E-state index contributed by atoms with van der Waals surface area (Å²) >= 11 is 0. The summed E-state index contributed by atoms with van der Waals surface area (Å²) in [4.78, 5) is 24.1. The van der Waals surface area contributed by atoms with Crippen LogP contribution in [0.15, 0.2) is 18.2 Å². The molecule has 0 aromatic heterocycles. The van der Waals surface area contributed by atoms with E-state index in [4.69, 9.17) is 5.73 Å². The SMILES string of the molecule is Cc1ccc(C)c(C(=O)CCC(=O)NC(CN)C2CC2)c1. The van der Waals surface area contributed by atoms with Crippen molar-refractivity contribution < 1.29 is 9.59 Å². The number of rotatable bonds is 7. The summed E-state index contributed by atoms with van der Waals surface area (Å²) in [6.45, 7) is 4.36. The number of amides is 1. The van der Waals surface area contributed by atoms with Gasteiger partial charge in [0.25, 0.3) is 0 Å². The van der Waals surface area contributed by atoms with Crippen LogP contribution in [0.2, 0.25) is 0 Å². The van der Waals surface area contributed by atoms with Gasteiger partial charge in [0.2, 0.25) is 5.91 Å². The molecule has 21 heavy (non-hydrogen) atoms. The van der Waals surface area contributed by atoms with Gasteiger partial charge in [0, 0.05) is 31.0 Å². The number of nitrogens with one attached hydrogen (secondary N) is 1. The molecule has 3 N–H and O–H groups in total. The molecule has 1 saturated carbocycles. The van der Waals surface area contributed by atoms with E-state index in [-0.39, 0.29) is 30.6 Å². The van der Waals surface area contributed by atoms with Gasteiger partial charge < -0.3 is 11.1 Å². The molecule has 0 spiro atoms. The maximum absolute atomic E-state index is 12.2. The Labute approximate surface area is 126 Å². The Balaban J connectivity index is 1.85. The lowest BCUT2D eigenvalue weighted by atomic mass is 9.99. The number of aryl methyl sites for hydroxylation is 2. The molecular formula is C17H24N2O2. The zero-order valence-corrected chi connectivity index (χ0v) is 12.8. The Kier molecular flexibility index (Phi) is 5.12. The van der Waals surface area contributed by atoms with E-state index in [1.54, 1.807) is 0 Å². The molecule has 2 rings (SSSR count). The van der Waals surface area contributed by atoms with Crippen molar-refractivity contribution in [2.45, 2.75) is 45.6 Å². The molecule has 114 valence electrons. The van der Waals surface area contributed by atoms with Crippen molar-refractivity contribution in [2.24, 2.45) is 11.7 Å². The summed E-state index contributed by atoms with van der Waals surface area (Å²) in [5.41, 5.74) is 8.41. The highest BCUT2D eigenvalue weighted by atomic mass is 16.2. The Morgan fingerprint density at radius 1 is 1.29 bits per heavy atom. The summed E-state index contributed by atoms with van der Waals surface area (Å²) in [6, 6.07) is 5.90. The van der Waals surface area contributed by atoms with E-state index in [2.05, 4.69) is 5.32 Å². The van der Waals surface area contributed by atoms with Crippen LogP contribution < -0.4 is 11.1 Å². The van der Waals surface area contributed by atoms with E-state index in [0.29, 0.717) is 12.5 Å². The first-order valence-corrected chi connectivity index (χ1v) is 7.61. The standard InChI is InChI=1S/C17H24N2O2/c1-11-3-4-12(2)14(9-11)16(20)7-8-17(21)19-15(10-18)13-5-6-13/h3-4,9,13,15H,5-8,10,18H2,1-2H3,(H,19,21). The first-order chi connectivity index (χ1) is 10.0. The molecule has 1 aliphatic carbocycles. The van der Waals surface area contributed by atoms with Crippen molar-refractivity contribution in [2.75, 3.05) is 6.54 Å². The highest BCUT2D eigenvalue weighted by Crippen LogP contribution is 2.32. The maximum atomic E-state index is 12.2. The lowest BCUT2D eigenvalue weighted by molar-refractivity contribution is -0.121. The minimum Gasteiger partial charge on any atom is -0.352 e. The van der Waals surface area contributed by atoms with Crippen LogP contribution in [-0.2, 0) is 4.79 Å². The number of carbonyl (C=O) groups excluding carboxylic acids is 2. The van der Waals surface area contributed by atoms with Gasteiger partial charge in [-0.3, -0.25) is 9.59 Å². The second-order valence-electron chi connectivity index (χ2n) is 5.99. The number of carbonyl (C=O) groups is 2. The average molecular weight is 288 g/mol. The first-order valence-electron chi connectivity index (χ1n) is 7.61. The summed E-state index contributed by atoms with van der Waals surface area (Å²) in [5, 5.41) is 2.95. The molecule has 1 aromatic rings. The van der Waals surface area contributed by atoms with E-state index in [9.17, 15) is 9.59 Å². The third kappa shape index (κ3) is 4.39. The van der Waals surface area contributed by atoms with Crippen molar-refractivity contribution in [3.63, 3.8) is 0 Å². The largest absolute Gasteiger partial charge is 0.352 e. The van der Waals surface area contributed by atoms with Crippen molar-refractivity contribution in [3.8, 4) is 0 Å². The minimum atomic E-state index is -0.0731. The lowest BCUT2D eigenvalue weighted by Crippen LogP contribution is -2.41. The van der Waals surface area contributed by atoms with Crippen LogP contribution in [0.25, 0.3) is 0 Å². The zero-order valence-electron chi connectivity index (χ0n) is 12.8. The van der Waals surface area contributed by atoms with Gasteiger partial charge in [0.15, 0.2) is 5.78 Å². The number of benzene rings is 1. The van der Waals surface area contributed by atoms with Crippen molar-refractivity contribution in [1.29, 1.82) is 0 Å². The Bertz CT molecular complexity index is 536. The average Bonchev–Trinajstić information content (AvgIpc) is 3.29. The van der Waals surface area contributed by atoms with Gasteiger partial charge in [0.1, 0.15) is 0 Å². The highest BCUT2D eigenvalue weighted by Gasteiger charge is 2.31.